The Labute approximate surface area is 182 Å². The highest BCUT2D eigenvalue weighted by atomic mass is 19.2. The molecule has 0 fully saturated rings. The summed E-state index contributed by atoms with van der Waals surface area (Å²) in [5.74, 6) is -4.99. The highest BCUT2D eigenvalue weighted by Crippen LogP contribution is 2.21. The Morgan fingerprint density at radius 2 is 1.56 bits per heavy atom. The van der Waals surface area contributed by atoms with E-state index < -0.39 is 35.4 Å². The number of carbonyl (C=O) groups is 2. The van der Waals surface area contributed by atoms with Crippen molar-refractivity contribution < 1.29 is 32.2 Å². The van der Waals surface area contributed by atoms with Gasteiger partial charge in [-0.2, -0.15) is 0 Å². The molecule has 0 heterocycles. The molecule has 32 heavy (non-hydrogen) atoms. The van der Waals surface area contributed by atoms with Crippen molar-refractivity contribution >= 4 is 17.6 Å². The van der Waals surface area contributed by atoms with Gasteiger partial charge in [-0.15, -0.1) is 0 Å². The smallest absolute Gasteiger partial charge is 0.340 e. The molecule has 3 aromatic carbocycles. The third-order valence-corrected chi connectivity index (χ3v) is 4.69. The van der Waals surface area contributed by atoms with E-state index in [0.717, 1.165) is 12.7 Å². The first-order valence-corrected chi connectivity index (χ1v) is 9.67. The number of hydrogen-bond acceptors (Lipinski definition) is 5. The minimum Gasteiger partial charge on any atom is -0.467 e. The van der Waals surface area contributed by atoms with E-state index in [9.17, 15) is 22.8 Å². The molecule has 3 rings (SSSR count). The monoisotopic (exact) mass is 443 g/mol. The van der Waals surface area contributed by atoms with Gasteiger partial charge in [-0.25, -0.2) is 22.8 Å². The van der Waals surface area contributed by atoms with Gasteiger partial charge in [0.25, 0.3) is 0 Å². The quantitative estimate of drug-likeness (QED) is 0.405. The molecule has 0 amide bonds. The number of esters is 2. The van der Waals surface area contributed by atoms with Gasteiger partial charge in [0.05, 0.1) is 12.7 Å². The van der Waals surface area contributed by atoms with Crippen LogP contribution in [-0.2, 0) is 27.3 Å². The number of ether oxygens (including phenoxy) is 2. The van der Waals surface area contributed by atoms with Gasteiger partial charge in [0.1, 0.15) is 18.5 Å². The lowest BCUT2D eigenvalue weighted by Gasteiger charge is -2.20. The summed E-state index contributed by atoms with van der Waals surface area (Å²) in [5, 5.41) is 2.83. The number of nitrogens with one attached hydrogen (secondary N) is 1. The first-order chi connectivity index (χ1) is 15.4. The van der Waals surface area contributed by atoms with Crippen LogP contribution < -0.4 is 5.32 Å². The zero-order valence-corrected chi connectivity index (χ0v) is 17.1. The average Bonchev–Trinajstić information content (AvgIpc) is 2.81. The van der Waals surface area contributed by atoms with Crippen molar-refractivity contribution in [3.05, 3.63) is 101 Å². The fourth-order valence-electron chi connectivity index (χ4n) is 3.05. The largest absolute Gasteiger partial charge is 0.467 e. The molecular weight excluding hydrogens is 423 g/mol. The second kappa shape index (κ2) is 10.5. The Kier molecular flexibility index (Phi) is 7.49. The minimum absolute atomic E-state index is 0.0501. The van der Waals surface area contributed by atoms with Crippen molar-refractivity contribution in [3.8, 4) is 0 Å². The summed E-state index contributed by atoms with van der Waals surface area (Å²) in [4.78, 5) is 24.9. The molecule has 0 aliphatic rings. The highest BCUT2D eigenvalue weighted by Gasteiger charge is 2.24. The lowest BCUT2D eigenvalue weighted by atomic mass is 10.0. The first kappa shape index (κ1) is 22.9. The van der Waals surface area contributed by atoms with E-state index in [2.05, 4.69) is 5.32 Å². The van der Waals surface area contributed by atoms with Crippen LogP contribution in [0.25, 0.3) is 0 Å². The predicted octanol–water partition coefficient (Wildman–Crippen LogP) is 4.66. The van der Waals surface area contributed by atoms with Crippen molar-refractivity contribution in [2.45, 2.75) is 19.1 Å². The lowest BCUT2D eigenvalue weighted by Crippen LogP contribution is -2.34. The number of hydrogen-bond donors (Lipinski definition) is 1. The number of methoxy groups -OCH3 is 1. The molecule has 0 aromatic heterocycles. The molecule has 1 N–H and O–H groups in total. The standard InChI is InChI=1S/C24H20F3NO4/c1-31-24(30)22(12-16-11-19(26)20(27)13-18(16)25)28-21-10-6-5-9-17(21)23(29)32-14-15-7-3-2-4-8-15/h2-11,13,22,28H,12,14H2,1H3/t22-/m1/s1. The van der Waals surface area contributed by atoms with Crippen molar-refractivity contribution in [1.82, 2.24) is 0 Å². The van der Waals surface area contributed by atoms with Crippen molar-refractivity contribution in [2.75, 3.05) is 12.4 Å². The van der Waals surface area contributed by atoms with Crippen LogP contribution in [0.3, 0.4) is 0 Å². The molecule has 3 aromatic rings. The molecule has 0 aliphatic carbocycles. The molecule has 0 unspecified atom stereocenters. The van der Waals surface area contributed by atoms with Crippen molar-refractivity contribution in [2.24, 2.45) is 0 Å². The van der Waals surface area contributed by atoms with Crippen LogP contribution >= 0.6 is 0 Å². The molecule has 5 nitrogen and oxygen atoms in total. The van der Waals surface area contributed by atoms with Gasteiger partial charge >= 0.3 is 11.9 Å². The van der Waals surface area contributed by atoms with Crippen LogP contribution in [0.15, 0.2) is 66.7 Å². The van der Waals surface area contributed by atoms with Crippen LogP contribution in [0.1, 0.15) is 21.5 Å². The minimum atomic E-state index is -1.33. The van der Waals surface area contributed by atoms with Gasteiger partial charge in [-0.05, 0) is 29.3 Å². The topological polar surface area (TPSA) is 64.6 Å². The van der Waals surface area contributed by atoms with E-state index in [0.29, 0.717) is 12.1 Å². The summed E-state index contributed by atoms with van der Waals surface area (Å²) in [7, 11) is 1.14. The van der Waals surface area contributed by atoms with Gasteiger partial charge in [0.2, 0.25) is 0 Å². The Hall–Kier alpha value is -3.81. The molecular formula is C24H20F3NO4. The Balaban J connectivity index is 1.80. The highest BCUT2D eigenvalue weighted by molar-refractivity contribution is 5.96. The van der Waals surface area contributed by atoms with Crippen LogP contribution in [0.2, 0.25) is 0 Å². The van der Waals surface area contributed by atoms with E-state index in [4.69, 9.17) is 9.47 Å². The normalized spacial score (nSPS) is 11.5. The van der Waals surface area contributed by atoms with E-state index >= 15 is 0 Å². The first-order valence-electron chi connectivity index (χ1n) is 9.67. The van der Waals surface area contributed by atoms with Gasteiger partial charge in [0, 0.05) is 18.2 Å². The SMILES string of the molecule is COC(=O)[C@@H](Cc1cc(F)c(F)cc1F)Nc1ccccc1C(=O)OCc1ccccc1. The van der Waals surface area contributed by atoms with Crippen molar-refractivity contribution in [1.29, 1.82) is 0 Å². The van der Waals surface area contributed by atoms with Crippen molar-refractivity contribution in [3.63, 3.8) is 0 Å². The molecule has 0 aliphatic heterocycles. The van der Waals surface area contributed by atoms with Gasteiger partial charge in [-0.3, -0.25) is 0 Å². The Morgan fingerprint density at radius 3 is 2.28 bits per heavy atom. The molecule has 0 spiro atoms. The second-order valence-electron chi connectivity index (χ2n) is 6.89. The number of carbonyl (C=O) groups excluding carboxylic acids is 2. The molecule has 0 bridgehead atoms. The maximum absolute atomic E-state index is 14.1. The molecule has 0 saturated carbocycles. The summed E-state index contributed by atoms with van der Waals surface area (Å²) in [5.41, 5.74) is 0.954. The van der Waals surface area contributed by atoms with E-state index in [-0.39, 0.29) is 29.8 Å². The predicted molar refractivity (Wildman–Crippen MR) is 111 cm³/mol. The molecule has 166 valence electrons. The summed E-state index contributed by atoms with van der Waals surface area (Å²) in [6.45, 7) is 0.0501. The zero-order chi connectivity index (χ0) is 23.1. The summed E-state index contributed by atoms with van der Waals surface area (Å²) < 4.78 is 51.0. The third kappa shape index (κ3) is 5.66. The van der Waals surface area contributed by atoms with Crippen LogP contribution in [0.4, 0.5) is 18.9 Å². The molecule has 1 atom stereocenters. The summed E-state index contributed by atoms with van der Waals surface area (Å²) in [6.07, 6.45) is -0.344. The van der Waals surface area contributed by atoms with Crippen LogP contribution in [0, 0.1) is 17.5 Å². The van der Waals surface area contributed by atoms with E-state index in [1.165, 1.54) is 12.1 Å². The van der Waals surface area contributed by atoms with Gasteiger partial charge in [0.15, 0.2) is 11.6 Å². The fraction of sp³-hybridized carbons (Fsp3) is 0.167. The third-order valence-electron chi connectivity index (χ3n) is 4.69. The second-order valence-corrected chi connectivity index (χ2v) is 6.89. The number of para-hydroxylation sites is 1. The fourth-order valence-corrected chi connectivity index (χ4v) is 3.05. The maximum Gasteiger partial charge on any atom is 0.340 e. The molecule has 8 heteroatoms. The zero-order valence-electron chi connectivity index (χ0n) is 17.1. The number of halogens is 3. The van der Waals surface area contributed by atoms with Gasteiger partial charge in [-0.1, -0.05) is 42.5 Å². The Bertz CT molecular complexity index is 1110. The Morgan fingerprint density at radius 1 is 0.906 bits per heavy atom. The lowest BCUT2D eigenvalue weighted by molar-refractivity contribution is -0.141. The number of anilines is 1. The molecule has 0 saturated heterocycles. The number of benzene rings is 3. The van der Waals surface area contributed by atoms with Crippen LogP contribution in [0.5, 0.6) is 0 Å². The average molecular weight is 443 g/mol. The maximum atomic E-state index is 14.1. The van der Waals surface area contributed by atoms with E-state index in [1.807, 2.05) is 18.2 Å². The summed E-state index contributed by atoms with van der Waals surface area (Å²) >= 11 is 0. The van der Waals surface area contributed by atoms with Gasteiger partial charge < -0.3 is 14.8 Å². The molecule has 0 radical (unpaired) electrons. The summed E-state index contributed by atoms with van der Waals surface area (Å²) in [6, 6.07) is 15.3. The number of rotatable bonds is 8. The van der Waals surface area contributed by atoms with Crippen LogP contribution in [-0.4, -0.2) is 25.1 Å². The van der Waals surface area contributed by atoms with E-state index in [1.54, 1.807) is 24.3 Å².